The number of ether oxygens (including phenoxy) is 1. The summed E-state index contributed by atoms with van der Waals surface area (Å²) in [6.07, 6.45) is 2.49. The molecule has 0 atom stereocenters. The van der Waals surface area contributed by atoms with Gasteiger partial charge in [0.05, 0.1) is 12.8 Å². The molecule has 0 spiro atoms. The molecule has 10 heteroatoms. The average molecular weight is 313 g/mol. The van der Waals surface area contributed by atoms with E-state index in [0.29, 0.717) is 6.54 Å². The van der Waals surface area contributed by atoms with E-state index in [9.17, 15) is 18.4 Å². The first kappa shape index (κ1) is 15.6. The van der Waals surface area contributed by atoms with Gasteiger partial charge in [-0.05, 0) is 13.0 Å². The minimum atomic E-state index is -2.95. The number of alkyl halides is 2. The summed E-state index contributed by atoms with van der Waals surface area (Å²) in [5, 5.41) is 9.68. The van der Waals surface area contributed by atoms with Gasteiger partial charge in [-0.3, -0.25) is 9.48 Å². The van der Waals surface area contributed by atoms with Crippen molar-refractivity contribution in [2.45, 2.75) is 20.0 Å². The number of hydrogen-bond acceptors (Lipinski definition) is 5. The quantitative estimate of drug-likeness (QED) is 0.845. The van der Waals surface area contributed by atoms with Crippen molar-refractivity contribution in [2.24, 2.45) is 0 Å². The number of carbonyl (C=O) groups is 2. The molecule has 1 N–H and O–H groups in total. The van der Waals surface area contributed by atoms with Crippen molar-refractivity contribution in [3.8, 4) is 0 Å². The predicted octanol–water partition coefficient (Wildman–Crippen LogP) is 1.53. The fourth-order valence-electron chi connectivity index (χ4n) is 1.76. The van der Waals surface area contributed by atoms with Crippen LogP contribution in [0.2, 0.25) is 0 Å². The minimum absolute atomic E-state index is 0.0701. The first-order valence-corrected chi connectivity index (χ1v) is 6.26. The molecule has 0 aliphatic rings. The highest BCUT2D eigenvalue weighted by Crippen LogP contribution is 2.18. The van der Waals surface area contributed by atoms with E-state index in [0.717, 1.165) is 12.3 Å². The van der Waals surface area contributed by atoms with E-state index in [1.807, 2.05) is 0 Å². The number of carbonyl (C=O) groups excluding carboxylic acids is 2. The highest BCUT2D eigenvalue weighted by Gasteiger charge is 2.22. The number of hydrogen-bond donors (Lipinski definition) is 1. The fourth-order valence-corrected chi connectivity index (χ4v) is 1.76. The van der Waals surface area contributed by atoms with E-state index in [1.54, 1.807) is 6.92 Å². The zero-order valence-corrected chi connectivity index (χ0v) is 11.8. The highest BCUT2D eigenvalue weighted by molar-refractivity contribution is 6.06. The van der Waals surface area contributed by atoms with Gasteiger partial charge in [0.1, 0.15) is 5.69 Å². The molecule has 8 nitrogen and oxygen atoms in total. The van der Waals surface area contributed by atoms with Crippen LogP contribution >= 0.6 is 0 Å². The molecule has 0 radical (unpaired) electrons. The molecule has 2 aromatic rings. The predicted molar refractivity (Wildman–Crippen MR) is 70.7 cm³/mol. The molecule has 0 aliphatic heterocycles. The van der Waals surface area contributed by atoms with Crippen molar-refractivity contribution in [3.63, 3.8) is 0 Å². The second-order valence-electron chi connectivity index (χ2n) is 4.13. The molecule has 0 saturated carbocycles. The van der Waals surface area contributed by atoms with Crippen molar-refractivity contribution in [2.75, 3.05) is 12.4 Å². The zero-order valence-electron chi connectivity index (χ0n) is 11.8. The Hall–Kier alpha value is -2.78. The summed E-state index contributed by atoms with van der Waals surface area (Å²) in [6.45, 7) is -0.713. The van der Waals surface area contributed by atoms with Crippen LogP contribution in [0, 0.1) is 0 Å². The molecular weight excluding hydrogens is 300 g/mol. The van der Waals surface area contributed by atoms with Crippen LogP contribution in [0.25, 0.3) is 0 Å². The van der Waals surface area contributed by atoms with E-state index < -0.39 is 18.4 Å². The Morgan fingerprint density at radius 2 is 2.18 bits per heavy atom. The second-order valence-corrected chi connectivity index (χ2v) is 4.13. The molecule has 0 aliphatic carbocycles. The lowest BCUT2D eigenvalue weighted by Gasteiger charge is -2.06. The smallest absolute Gasteiger partial charge is 0.360 e. The van der Waals surface area contributed by atoms with Crippen LogP contribution in [0.5, 0.6) is 0 Å². The molecule has 0 saturated heterocycles. The molecular formula is C12H13F2N5O3. The normalized spacial score (nSPS) is 10.8. The highest BCUT2D eigenvalue weighted by atomic mass is 19.3. The number of methoxy groups -OCH3 is 1. The Labute approximate surface area is 123 Å². The summed E-state index contributed by atoms with van der Waals surface area (Å²) < 4.78 is 31.7. The van der Waals surface area contributed by atoms with E-state index in [-0.39, 0.29) is 21.8 Å². The van der Waals surface area contributed by atoms with E-state index in [2.05, 4.69) is 20.3 Å². The Morgan fingerprint density at radius 3 is 2.77 bits per heavy atom. The third kappa shape index (κ3) is 2.95. The van der Waals surface area contributed by atoms with Crippen molar-refractivity contribution < 1.29 is 23.1 Å². The first-order valence-electron chi connectivity index (χ1n) is 6.26. The van der Waals surface area contributed by atoms with Gasteiger partial charge in [0.15, 0.2) is 5.69 Å². The van der Waals surface area contributed by atoms with Crippen LogP contribution < -0.4 is 5.32 Å². The van der Waals surface area contributed by atoms with Crippen LogP contribution in [-0.4, -0.2) is 38.5 Å². The van der Waals surface area contributed by atoms with Gasteiger partial charge >= 0.3 is 12.5 Å². The van der Waals surface area contributed by atoms with Gasteiger partial charge in [0.2, 0.25) is 0 Å². The van der Waals surface area contributed by atoms with Crippen molar-refractivity contribution in [3.05, 3.63) is 29.8 Å². The number of halogens is 2. The second kappa shape index (κ2) is 6.33. The van der Waals surface area contributed by atoms with E-state index >= 15 is 0 Å². The lowest BCUT2D eigenvalue weighted by atomic mass is 10.3. The number of nitrogens with one attached hydrogen (secondary N) is 1. The lowest BCUT2D eigenvalue weighted by molar-refractivity contribution is 0.0520. The maximum atomic E-state index is 12.7. The van der Waals surface area contributed by atoms with Crippen molar-refractivity contribution in [1.82, 2.24) is 19.6 Å². The Kier molecular flexibility index (Phi) is 4.49. The van der Waals surface area contributed by atoms with Crippen LogP contribution in [0.1, 0.15) is 34.5 Å². The number of esters is 1. The van der Waals surface area contributed by atoms with Crippen molar-refractivity contribution in [1.29, 1.82) is 0 Å². The molecule has 1 amide bonds. The third-order valence-corrected chi connectivity index (χ3v) is 2.80. The van der Waals surface area contributed by atoms with Gasteiger partial charge in [-0.15, -0.1) is 0 Å². The average Bonchev–Trinajstić information content (AvgIpc) is 3.12. The summed E-state index contributed by atoms with van der Waals surface area (Å²) in [7, 11) is 1.17. The molecule has 22 heavy (non-hydrogen) atoms. The van der Waals surface area contributed by atoms with Crippen LogP contribution in [0.3, 0.4) is 0 Å². The minimum Gasteiger partial charge on any atom is -0.464 e. The van der Waals surface area contributed by atoms with Crippen LogP contribution in [0.4, 0.5) is 14.5 Å². The summed E-state index contributed by atoms with van der Waals surface area (Å²) in [5.74, 6) is -1.58. The molecule has 2 rings (SSSR count). The molecule has 0 bridgehead atoms. The molecule has 0 fully saturated rings. The molecule has 118 valence electrons. The van der Waals surface area contributed by atoms with Gasteiger partial charge < -0.3 is 10.1 Å². The van der Waals surface area contributed by atoms with Gasteiger partial charge in [0.25, 0.3) is 5.91 Å². The summed E-state index contributed by atoms with van der Waals surface area (Å²) >= 11 is 0. The van der Waals surface area contributed by atoms with Gasteiger partial charge in [-0.2, -0.15) is 23.7 Å². The summed E-state index contributed by atoms with van der Waals surface area (Å²) in [4.78, 5) is 23.7. The molecule has 2 aromatic heterocycles. The Morgan fingerprint density at radius 1 is 1.45 bits per heavy atom. The molecule has 0 aromatic carbocycles. The molecule has 0 unspecified atom stereocenters. The zero-order chi connectivity index (χ0) is 16.3. The number of nitrogens with zero attached hydrogens (tertiary/aromatic N) is 4. The fraction of sp³-hybridized carbons (Fsp3) is 0.333. The number of aryl methyl sites for hydroxylation is 1. The van der Waals surface area contributed by atoms with Gasteiger partial charge in [-0.25, -0.2) is 4.79 Å². The number of amides is 1. The number of anilines is 1. The molecule has 2 heterocycles. The standard InChI is InChI=1S/C12H13F2N5O3/c1-3-18-6-7(9(17-18)11(21)22-2)16-10(20)8-4-5-15-19(8)12(13)14/h4-6,12H,3H2,1-2H3,(H,16,20). The van der Waals surface area contributed by atoms with Gasteiger partial charge in [-0.1, -0.05) is 0 Å². The van der Waals surface area contributed by atoms with E-state index in [1.165, 1.54) is 18.0 Å². The lowest BCUT2D eigenvalue weighted by Crippen LogP contribution is -2.19. The Balaban J connectivity index is 2.30. The maximum absolute atomic E-state index is 12.7. The first-order chi connectivity index (χ1) is 10.5. The monoisotopic (exact) mass is 313 g/mol. The largest absolute Gasteiger partial charge is 0.464 e. The number of aromatic nitrogens is 4. The number of rotatable bonds is 5. The van der Waals surface area contributed by atoms with E-state index in [4.69, 9.17) is 0 Å². The van der Waals surface area contributed by atoms with Crippen LogP contribution in [0.15, 0.2) is 18.5 Å². The van der Waals surface area contributed by atoms with Crippen molar-refractivity contribution >= 4 is 17.6 Å². The SMILES string of the molecule is CCn1cc(NC(=O)c2ccnn2C(F)F)c(C(=O)OC)n1. The summed E-state index contributed by atoms with van der Waals surface area (Å²) in [6, 6.07) is 1.14. The van der Waals surface area contributed by atoms with Gasteiger partial charge in [0, 0.05) is 18.9 Å². The summed E-state index contributed by atoms with van der Waals surface area (Å²) in [5.41, 5.74) is -0.378. The maximum Gasteiger partial charge on any atom is 0.360 e. The van der Waals surface area contributed by atoms with Crippen LogP contribution in [-0.2, 0) is 11.3 Å². The third-order valence-electron chi connectivity index (χ3n) is 2.80. The Bertz CT molecular complexity index is 695. The topological polar surface area (TPSA) is 91.0 Å².